The Balaban J connectivity index is 0.00000132. The monoisotopic (exact) mass is 306 g/mol. The third-order valence-corrected chi connectivity index (χ3v) is 4.42. The molecule has 0 unspecified atom stereocenters. The summed E-state index contributed by atoms with van der Waals surface area (Å²) in [5.41, 5.74) is 7.97. The van der Waals surface area contributed by atoms with E-state index in [1.54, 1.807) is 0 Å². The van der Waals surface area contributed by atoms with Crippen LogP contribution in [0.25, 0.3) is 11.6 Å². The molecule has 0 amide bonds. The fourth-order valence-corrected chi connectivity index (χ4v) is 2.95. The molecule has 21 heavy (non-hydrogen) atoms. The lowest BCUT2D eigenvalue weighted by molar-refractivity contribution is 0.372. The van der Waals surface area contributed by atoms with Crippen molar-refractivity contribution in [3.63, 3.8) is 0 Å². The Morgan fingerprint density at radius 3 is 2.57 bits per heavy atom. The minimum absolute atomic E-state index is 0. The lowest BCUT2D eigenvalue weighted by Crippen LogP contribution is -2.34. The van der Waals surface area contributed by atoms with E-state index in [-0.39, 0.29) is 12.4 Å². The molecule has 2 aromatic heterocycles. The molecule has 0 atom stereocenters. The van der Waals surface area contributed by atoms with E-state index in [0.717, 1.165) is 31.4 Å². The Kier molecular flexibility index (Phi) is 3.71. The zero-order valence-electron chi connectivity index (χ0n) is 11.8. The van der Waals surface area contributed by atoms with Crippen molar-refractivity contribution in [2.75, 3.05) is 0 Å². The molecule has 2 heterocycles. The number of halogens is 1. The maximum Gasteiger partial charge on any atom is 0.276 e. The minimum Gasteiger partial charge on any atom is -0.332 e. The molecule has 0 spiro atoms. The van der Waals surface area contributed by atoms with Crippen LogP contribution in [0, 0.1) is 0 Å². The molecule has 2 saturated carbocycles. The van der Waals surface area contributed by atoms with Crippen LogP contribution < -0.4 is 5.73 Å². The third kappa shape index (κ3) is 2.68. The Morgan fingerprint density at radius 2 is 1.95 bits per heavy atom. The Bertz CT molecular complexity index is 615. The van der Waals surface area contributed by atoms with E-state index in [4.69, 9.17) is 10.3 Å². The predicted molar refractivity (Wildman–Crippen MR) is 81.1 cm³/mol. The Morgan fingerprint density at radius 1 is 1.19 bits per heavy atom. The number of pyridine rings is 1. The molecule has 0 aliphatic heterocycles. The number of hydrogen-bond acceptors (Lipinski definition) is 5. The van der Waals surface area contributed by atoms with E-state index >= 15 is 0 Å². The molecule has 2 N–H and O–H groups in total. The van der Waals surface area contributed by atoms with Gasteiger partial charge in [0.05, 0.1) is 5.54 Å². The summed E-state index contributed by atoms with van der Waals surface area (Å²) in [6.45, 7) is 0. The van der Waals surface area contributed by atoms with Gasteiger partial charge in [0.25, 0.3) is 5.89 Å². The number of rotatable bonds is 3. The second-order valence-electron chi connectivity index (χ2n) is 6.04. The molecule has 5 nitrogen and oxygen atoms in total. The second kappa shape index (κ2) is 5.39. The average Bonchev–Trinajstić information content (AvgIpc) is 3.02. The van der Waals surface area contributed by atoms with Crippen molar-refractivity contribution < 1.29 is 4.52 Å². The highest BCUT2D eigenvalue weighted by molar-refractivity contribution is 5.85. The van der Waals surface area contributed by atoms with Gasteiger partial charge in [-0.05, 0) is 43.2 Å². The first-order valence-corrected chi connectivity index (χ1v) is 7.34. The molecule has 0 saturated heterocycles. The summed E-state index contributed by atoms with van der Waals surface area (Å²) in [5.74, 6) is 1.80. The van der Waals surface area contributed by atoms with Crippen LogP contribution in [0.15, 0.2) is 22.9 Å². The Hall–Kier alpha value is -1.46. The van der Waals surface area contributed by atoms with E-state index in [9.17, 15) is 0 Å². The molecule has 0 bridgehead atoms. The number of aromatic nitrogens is 3. The number of nitrogens with zero attached hydrogens (tertiary/aromatic N) is 3. The molecule has 2 aliphatic carbocycles. The van der Waals surface area contributed by atoms with Crippen molar-refractivity contribution in [1.82, 2.24) is 15.1 Å². The van der Waals surface area contributed by atoms with Crippen LogP contribution in [-0.4, -0.2) is 15.1 Å². The van der Waals surface area contributed by atoms with Crippen LogP contribution >= 0.6 is 12.4 Å². The maximum atomic E-state index is 6.34. The van der Waals surface area contributed by atoms with Gasteiger partial charge in [-0.1, -0.05) is 24.1 Å². The first kappa shape index (κ1) is 14.5. The van der Waals surface area contributed by atoms with E-state index in [0.29, 0.717) is 17.6 Å². The van der Waals surface area contributed by atoms with Crippen molar-refractivity contribution in [3.8, 4) is 11.6 Å². The molecule has 4 rings (SSSR count). The van der Waals surface area contributed by atoms with Crippen LogP contribution in [0.2, 0.25) is 0 Å². The number of nitrogens with two attached hydrogens (primary N) is 1. The highest BCUT2D eigenvalue weighted by Gasteiger charge is 2.36. The van der Waals surface area contributed by atoms with Gasteiger partial charge in [0.2, 0.25) is 0 Å². The summed E-state index contributed by atoms with van der Waals surface area (Å²) in [6, 6.07) is 4.07. The van der Waals surface area contributed by atoms with Crippen LogP contribution in [-0.2, 0) is 5.54 Å². The average molecular weight is 307 g/mol. The second-order valence-corrected chi connectivity index (χ2v) is 6.04. The molecular formula is C15H19ClN4O. The number of hydrogen-bond donors (Lipinski definition) is 1. The molecular weight excluding hydrogens is 288 g/mol. The predicted octanol–water partition coefficient (Wildman–Crippen LogP) is 3.16. The lowest BCUT2D eigenvalue weighted by Gasteiger charge is -2.17. The highest BCUT2D eigenvalue weighted by Crippen LogP contribution is 2.40. The van der Waals surface area contributed by atoms with Crippen LogP contribution in [0.5, 0.6) is 0 Å². The summed E-state index contributed by atoms with van der Waals surface area (Å²) in [4.78, 5) is 8.89. The van der Waals surface area contributed by atoms with Gasteiger partial charge in [0.15, 0.2) is 5.82 Å². The molecule has 2 aromatic rings. The normalized spacial score (nSPS) is 20.2. The van der Waals surface area contributed by atoms with Crippen LogP contribution in [0.1, 0.15) is 55.8 Å². The summed E-state index contributed by atoms with van der Waals surface area (Å²) < 4.78 is 5.34. The van der Waals surface area contributed by atoms with Gasteiger partial charge in [0, 0.05) is 6.20 Å². The molecule has 6 heteroatoms. The standard InChI is InChI=1S/C15H18N4O.ClH/c16-15(7-1-2-8-15)14-18-13(20-19-14)12-6-5-11(9-17-12)10-3-4-10;/h5-6,9-10H,1-4,7-8,16H2;1H. The van der Waals surface area contributed by atoms with Gasteiger partial charge < -0.3 is 10.3 Å². The zero-order valence-corrected chi connectivity index (χ0v) is 12.6. The van der Waals surface area contributed by atoms with Crippen LogP contribution in [0.4, 0.5) is 0 Å². The summed E-state index contributed by atoms with van der Waals surface area (Å²) in [7, 11) is 0. The first-order valence-electron chi connectivity index (χ1n) is 7.34. The van der Waals surface area contributed by atoms with Crippen molar-refractivity contribution in [2.45, 2.75) is 50.0 Å². The van der Waals surface area contributed by atoms with Gasteiger partial charge in [-0.25, -0.2) is 0 Å². The highest BCUT2D eigenvalue weighted by atomic mass is 35.5. The van der Waals surface area contributed by atoms with Crippen molar-refractivity contribution in [3.05, 3.63) is 29.7 Å². The van der Waals surface area contributed by atoms with E-state index in [2.05, 4.69) is 21.2 Å². The lowest BCUT2D eigenvalue weighted by atomic mass is 9.99. The molecule has 2 fully saturated rings. The van der Waals surface area contributed by atoms with Gasteiger partial charge in [0.1, 0.15) is 5.69 Å². The summed E-state index contributed by atoms with van der Waals surface area (Å²) in [5, 5.41) is 4.07. The minimum atomic E-state index is -0.407. The fraction of sp³-hybridized carbons (Fsp3) is 0.533. The van der Waals surface area contributed by atoms with Crippen molar-refractivity contribution in [1.29, 1.82) is 0 Å². The molecule has 2 aliphatic rings. The van der Waals surface area contributed by atoms with E-state index in [1.807, 2.05) is 12.3 Å². The quantitative estimate of drug-likeness (QED) is 0.942. The van der Waals surface area contributed by atoms with Gasteiger partial charge in [-0.2, -0.15) is 4.98 Å². The van der Waals surface area contributed by atoms with Crippen molar-refractivity contribution >= 4 is 12.4 Å². The van der Waals surface area contributed by atoms with Gasteiger partial charge >= 0.3 is 0 Å². The first-order chi connectivity index (χ1) is 9.74. The van der Waals surface area contributed by atoms with E-state index < -0.39 is 5.54 Å². The van der Waals surface area contributed by atoms with Crippen molar-refractivity contribution in [2.24, 2.45) is 5.73 Å². The molecule has 0 radical (unpaired) electrons. The van der Waals surface area contributed by atoms with Gasteiger partial charge in [-0.3, -0.25) is 4.98 Å². The molecule has 0 aromatic carbocycles. The topological polar surface area (TPSA) is 77.8 Å². The summed E-state index contributed by atoms with van der Waals surface area (Å²) >= 11 is 0. The maximum absolute atomic E-state index is 6.34. The Labute approximate surface area is 129 Å². The van der Waals surface area contributed by atoms with E-state index in [1.165, 1.54) is 18.4 Å². The zero-order chi connectivity index (χ0) is 13.6. The third-order valence-electron chi connectivity index (χ3n) is 4.42. The summed E-state index contributed by atoms with van der Waals surface area (Å²) in [6.07, 6.45) is 8.61. The SMILES string of the molecule is Cl.NC1(c2noc(-c3ccc(C4CC4)cn3)n2)CCCC1. The smallest absolute Gasteiger partial charge is 0.276 e. The largest absolute Gasteiger partial charge is 0.332 e. The fourth-order valence-electron chi connectivity index (χ4n) is 2.95. The molecule has 112 valence electrons. The van der Waals surface area contributed by atoms with Gasteiger partial charge in [-0.15, -0.1) is 12.4 Å². The van der Waals surface area contributed by atoms with Crippen LogP contribution in [0.3, 0.4) is 0 Å².